The van der Waals surface area contributed by atoms with E-state index >= 15 is 0 Å². The molecule has 2 fully saturated rings. The van der Waals surface area contributed by atoms with Gasteiger partial charge in [0.2, 0.25) is 11.8 Å². The molecule has 5 amide bonds. The first-order valence-corrected chi connectivity index (χ1v) is 9.16. The average Bonchev–Trinajstić information content (AvgIpc) is 3.33. The molecule has 1 spiro atoms. The van der Waals surface area contributed by atoms with Crippen LogP contribution in [0.1, 0.15) is 30.4 Å². The van der Waals surface area contributed by atoms with Crippen LogP contribution in [0.2, 0.25) is 0 Å². The number of carbonyl (C=O) groups is 4. The van der Waals surface area contributed by atoms with Crippen molar-refractivity contribution in [3.8, 4) is 0 Å². The van der Waals surface area contributed by atoms with Gasteiger partial charge < -0.3 is 15.5 Å². The van der Waals surface area contributed by atoms with Gasteiger partial charge in [-0.3, -0.25) is 19.3 Å². The maximum atomic E-state index is 13.0. The summed E-state index contributed by atoms with van der Waals surface area (Å²) in [4.78, 5) is 52.0. The Morgan fingerprint density at radius 1 is 1.30 bits per heavy atom. The molecular formula is C19H22N4O4. The van der Waals surface area contributed by atoms with Crippen LogP contribution in [-0.2, 0) is 26.3 Å². The number of aryl methyl sites for hydroxylation is 1. The highest BCUT2D eigenvalue weighted by molar-refractivity contribution is 6.10. The van der Waals surface area contributed by atoms with Crippen LogP contribution in [0.15, 0.2) is 24.3 Å². The first kappa shape index (κ1) is 17.5. The zero-order chi connectivity index (χ0) is 19.2. The number of nitrogens with zero attached hydrogens (tertiary/aromatic N) is 2. The summed E-state index contributed by atoms with van der Waals surface area (Å²) in [5, 5.41) is 5.60. The summed E-state index contributed by atoms with van der Waals surface area (Å²) < 4.78 is 0. The summed E-state index contributed by atoms with van der Waals surface area (Å²) in [5.41, 5.74) is 0.763. The largest absolute Gasteiger partial charge is 0.352 e. The van der Waals surface area contributed by atoms with Gasteiger partial charge in [0.1, 0.15) is 12.1 Å². The molecule has 1 saturated heterocycles. The molecule has 2 aliphatic carbocycles. The third-order valence-corrected chi connectivity index (χ3v) is 5.46. The second kappa shape index (κ2) is 6.37. The van der Waals surface area contributed by atoms with Gasteiger partial charge in [0, 0.05) is 13.1 Å². The number of benzene rings is 1. The number of urea groups is 1. The van der Waals surface area contributed by atoms with Crippen LogP contribution in [-0.4, -0.2) is 59.7 Å². The third kappa shape index (κ3) is 3.05. The Kier molecular flexibility index (Phi) is 4.13. The number of imide groups is 1. The average molecular weight is 370 g/mol. The topological polar surface area (TPSA) is 98.8 Å². The Labute approximate surface area is 156 Å². The quantitative estimate of drug-likeness (QED) is 0.719. The molecule has 142 valence electrons. The number of hydrogen-bond donors (Lipinski definition) is 2. The summed E-state index contributed by atoms with van der Waals surface area (Å²) >= 11 is 0. The molecule has 0 radical (unpaired) electrons. The number of nitrogens with one attached hydrogen (secondary N) is 2. The summed E-state index contributed by atoms with van der Waals surface area (Å²) in [6.07, 6.45) is 3.12. The molecule has 1 aliphatic heterocycles. The van der Waals surface area contributed by atoms with Gasteiger partial charge in [-0.25, -0.2) is 4.79 Å². The highest BCUT2D eigenvalue weighted by atomic mass is 16.2. The molecular weight excluding hydrogens is 348 g/mol. The van der Waals surface area contributed by atoms with Crippen LogP contribution in [0, 0.1) is 0 Å². The van der Waals surface area contributed by atoms with Crippen molar-refractivity contribution >= 4 is 23.8 Å². The van der Waals surface area contributed by atoms with E-state index in [1.54, 1.807) is 0 Å². The van der Waals surface area contributed by atoms with Crippen molar-refractivity contribution in [3.05, 3.63) is 35.4 Å². The van der Waals surface area contributed by atoms with E-state index in [0.717, 1.165) is 28.9 Å². The standard InChI is InChI=1S/C19H22N4O4/c1-22(10-15(24)20-13-6-7-13)16(25)11-23-17(26)19(21-18(23)27)9-8-12-4-2-3-5-14(12)19/h2-5,13H,6-11H2,1H3,(H,20,24)(H,21,27)/t19-/m0/s1. The monoisotopic (exact) mass is 370 g/mol. The van der Waals surface area contributed by atoms with E-state index in [1.807, 2.05) is 24.3 Å². The van der Waals surface area contributed by atoms with Gasteiger partial charge in [-0.1, -0.05) is 24.3 Å². The fourth-order valence-corrected chi connectivity index (χ4v) is 3.79. The predicted molar refractivity (Wildman–Crippen MR) is 95.5 cm³/mol. The van der Waals surface area contributed by atoms with Crippen molar-refractivity contribution in [1.29, 1.82) is 0 Å². The van der Waals surface area contributed by atoms with Crippen molar-refractivity contribution in [2.24, 2.45) is 0 Å². The second-order valence-electron chi connectivity index (χ2n) is 7.48. The summed E-state index contributed by atoms with van der Waals surface area (Å²) in [6.45, 7) is -0.464. The summed E-state index contributed by atoms with van der Waals surface area (Å²) in [5.74, 6) is -1.08. The molecule has 3 aliphatic rings. The van der Waals surface area contributed by atoms with Crippen molar-refractivity contribution in [2.75, 3.05) is 20.1 Å². The molecule has 8 heteroatoms. The van der Waals surface area contributed by atoms with Crippen molar-refractivity contribution < 1.29 is 19.2 Å². The van der Waals surface area contributed by atoms with Gasteiger partial charge in [-0.15, -0.1) is 0 Å². The lowest BCUT2D eigenvalue weighted by molar-refractivity contribution is -0.139. The van der Waals surface area contributed by atoms with E-state index in [1.165, 1.54) is 11.9 Å². The third-order valence-electron chi connectivity index (χ3n) is 5.46. The molecule has 1 saturated carbocycles. The predicted octanol–water partition coefficient (Wildman–Crippen LogP) is 0.117. The van der Waals surface area contributed by atoms with Crippen molar-refractivity contribution in [2.45, 2.75) is 37.3 Å². The Balaban J connectivity index is 1.44. The fraction of sp³-hybridized carbons (Fsp3) is 0.474. The van der Waals surface area contributed by atoms with E-state index in [-0.39, 0.29) is 25.0 Å². The lowest BCUT2D eigenvalue weighted by atomic mass is 9.92. The first-order valence-electron chi connectivity index (χ1n) is 9.16. The zero-order valence-electron chi connectivity index (χ0n) is 15.2. The smallest absolute Gasteiger partial charge is 0.325 e. The zero-order valence-corrected chi connectivity index (χ0v) is 15.2. The Morgan fingerprint density at radius 2 is 2.04 bits per heavy atom. The van der Waals surface area contributed by atoms with Gasteiger partial charge >= 0.3 is 6.03 Å². The lowest BCUT2D eigenvalue weighted by Gasteiger charge is -2.23. The molecule has 8 nitrogen and oxygen atoms in total. The molecule has 0 bridgehead atoms. The van der Waals surface area contributed by atoms with Gasteiger partial charge in [-0.2, -0.15) is 0 Å². The minimum absolute atomic E-state index is 0.0903. The molecule has 27 heavy (non-hydrogen) atoms. The normalized spacial score (nSPS) is 23.4. The molecule has 1 heterocycles. The molecule has 0 aromatic heterocycles. The maximum Gasteiger partial charge on any atom is 0.325 e. The number of carbonyl (C=O) groups excluding carboxylic acids is 4. The van der Waals surface area contributed by atoms with Crippen LogP contribution in [0.5, 0.6) is 0 Å². The van der Waals surface area contributed by atoms with Gasteiger partial charge in [-0.05, 0) is 36.8 Å². The molecule has 1 aromatic carbocycles. The minimum Gasteiger partial charge on any atom is -0.352 e. The summed E-state index contributed by atoms with van der Waals surface area (Å²) in [7, 11) is 1.49. The highest BCUT2D eigenvalue weighted by Crippen LogP contribution is 2.41. The number of rotatable bonds is 5. The van der Waals surface area contributed by atoms with E-state index in [9.17, 15) is 19.2 Å². The number of fused-ring (bicyclic) bond motifs is 2. The van der Waals surface area contributed by atoms with Crippen LogP contribution < -0.4 is 10.6 Å². The van der Waals surface area contributed by atoms with Crippen molar-refractivity contribution in [1.82, 2.24) is 20.4 Å². The van der Waals surface area contributed by atoms with E-state index in [2.05, 4.69) is 10.6 Å². The Morgan fingerprint density at radius 3 is 2.78 bits per heavy atom. The highest BCUT2D eigenvalue weighted by Gasteiger charge is 2.55. The minimum atomic E-state index is -1.07. The molecule has 0 unspecified atom stereocenters. The SMILES string of the molecule is CN(CC(=O)NC1CC1)C(=O)CN1C(=O)N[C@]2(CCc3ccccc32)C1=O. The number of hydrogen-bond acceptors (Lipinski definition) is 4. The van der Waals surface area contributed by atoms with Crippen LogP contribution in [0.25, 0.3) is 0 Å². The number of likely N-dealkylation sites (N-methyl/N-ethyl adjacent to an activating group) is 1. The number of amides is 5. The van der Waals surface area contributed by atoms with Crippen LogP contribution in [0.4, 0.5) is 4.79 Å². The Bertz CT molecular complexity index is 835. The van der Waals surface area contributed by atoms with Gasteiger partial charge in [0.25, 0.3) is 5.91 Å². The fourth-order valence-electron chi connectivity index (χ4n) is 3.79. The Hall–Kier alpha value is -2.90. The maximum absolute atomic E-state index is 13.0. The van der Waals surface area contributed by atoms with Crippen LogP contribution in [0.3, 0.4) is 0 Å². The van der Waals surface area contributed by atoms with Crippen molar-refractivity contribution in [3.63, 3.8) is 0 Å². The van der Waals surface area contributed by atoms with Gasteiger partial charge in [0.05, 0.1) is 6.54 Å². The van der Waals surface area contributed by atoms with E-state index in [0.29, 0.717) is 12.8 Å². The first-order chi connectivity index (χ1) is 12.9. The van der Waals surface area contributed by atoms with Gasteiger partial charge in [0.15, 0.2) is 0 Å². The van der Waals surface area contributed by atoms with Crippen LogP contribution >= 0.6 is 0 Å². The molecule has 2 N–H and O–H groups in total. The summed E-state index contributed by atoms with van der Waals surface area (Å²) in [6, 6.07) is 7.19. The molecule has 1 atom stereocenters. The van der Waals surface area contributed by atoms with E-state index in [4.69, 9.17) is 0 Å². The molecule has 4 rings (SSSR count). The molecule has 1 aromatic rings. The van der Waals surface area contributed by atoms with E-state index < -0.39 is 23.4 Å². The second-order valence-corrected chi connectivity index (χ2v) is 7.48. The lowest BCUT2D eigenvalue weighted by Crippen LogP contribution is -2.46.